The van der Waals surface area contributed by atoms with Gasteiger partial charge in [-0.25, -0.2) is 9.97 Å². The van der Waals surface area contributed by atoms with Crippen LogP contribution in [0.2, 0.25) is 0 Å². The minimum atomic E-state index is 0.781. The molecule has 1 aliphatic rings. The fraction of sp³-hybridized carbons (Fsp3) is 0.364. The Morgan fingerprint density at radius 2 is 1.89 bits per heavy atom. The molecule has 0 aliphatic carbocycles. The van der Waals surface area contributed by atoms with Gasteiger partial charge in [-0.05, 0) is 44.2 Å². The summed E-state index contributed by atoms with van der Waals surface area (Å²) in [6.45, 7) is 16.1. The van der Waals surface area contributed by atoms with E-state index in [4.69, 9.17) is 0 Å². The molecule has 2 N–H and O–H groups in total. The number of anilines is 4. The molecule has 6 heteroatoms. The van der Waals surface area contributed by atoms with Crippen LogP contribution in [0.3, 0.4) is 0 Å². The molecular formula is C22H30N6. The number of aryl methyl sites for hydroxylation is 2. The second-order valence-electron chi connectivity index (χ2n) is 7.19. The van der Waals surface area contributed by atoms with Crippen molar-refractivity contribution in [3.8, 4) is 0 Å². The molecule has 3 rings (SSSR count). The summed E-state index contributed by atoms with van der Waals surface area (Å²) in [6.07, 6.45) is 4.25. The molecule has 1 aromatic carbocycles. The van der Waals surface area contributed by atoms with Crippen molar-refractivity contribution in [1.82, 2.24) is 14.9 Å². The van der Waals surface area contributed by atoms with E-state index in [2.05, 4.69) is 69.7 Å². The minimum absolute atomic E-state index is 0.781. The Hall–Kier alpha value is -2.86. The molecule has 148 valence electrons. The average Bonchev–Trinajstić information content (AvgIpc) is 2.69. The van der Waals surface area contributed by atoms with E-state index in [0.717, 1.165) is 61.2 Å². The maximum atomic E-state index is 4.35. The molecule has 0 amide bonds. The van der Waals surface area contributed by atoms with Gasteiger partial charge < -0.3 is 20.4 Å². The third-order valence-corrected chi connectivity index (χ3v) is 5.05. The predicted octanol–water partition coefficient (Wildman–Crippen LogP) is 3.95. The molecule has 2 heterocycles. The van der Waals surface area contributed by atoms with Crippen molar-refractivity contribution < 1.29 is 0 Å². The van der Waals surface area contributed by atoms with Gasteiger partial charge in [0.1, 0.15) is 12.1 Å². The second-order valence-corrected chi connectivity index (χ2v) is 7.19. The van der Waals surface area contributed by atoms with Crippen LogP contribution in [0, 0.1) is 6.92 Å². The molecule has 2 aromatic rings. The molecule has 0 saturated carbocycles. The smallest absolute Gasteiger partial charge is 0.133 e. The zero-order valence-electron chi connectivity index (χ0n) is 17.1. The predicted molar refractivity (Wildman–Crippen MR) is 119 cm³/mol. The van der Waals surface area contributed by atoms with E-state index >= 15 is 0 Å². The molecule has 1 aromatic heterocycles. The first-order chi connectivity index (χ1) is 13.5. The quantitative estimate of drug-likeness (QED) is 0.712. The van der Waals surface area contributed by atoms with Crippen molar-refractivity contribution >= 4 is 22.9 Å². The molecular weight excluding hydrogens is 348 g/mol. The Balaban J connectivity index is 1.99. The monoisotopic (exact) mass is 378 g/mol. The average molecular weight is 379 g/mol. The first-order valence-electron chi connectivity index (χ1n) is 9.74. The van der Waals surface area contributed by atoms with Crippen molar-refractivity contribution in [3.05, 3.63) is 60.7 Å². The Morgan fingerprint density at radius 3 is 2.54 bits per heavy atom. The van der Waals surface area contributed by atoms with Gasteiger partial charge in [0.15, 0.2) is 0 Å². The third-order valence-electron chi connectivity index (χ3n) is 5.05. The summed E-state index contributed by atoms with van der Waals surface area (Å²) in [7, 11) is 2.17. The van der Waals surface area contributed by atoms with Crippen molar-refractivity contribution in [2.45, 2.75) is 20.3 Å². The molecule has 6 nitrogen and oxygen atoms in total. The zero-order chi connectivity index (χ0) is 20.1. The molecule has 1 saturated heterocycles. The number of benzene rings is 1. The summed E-state index contributed by atoms with van der Waals surface area (Å²) in [5.74, 6) is 0.794. The van der Waals surface area contributed by atoms with E-state index in [1.807, 2.05) is 13.0 Å². The molecule has 1 aliphatic heterocycles. The highest BCUT2D eigenvalue weighted by Crippen LogP contribution is 2.35. The molecule has 0 bridgehead atoms. The number of aromatic nitrogens is 2. The first-order valence-corrected chi connectivity index (χ1v) is 9.74. The molecule has 1 fully saturated rings. The number of likely N-dealkylation sites (N-methyl/N-ethyl adjacent to an activating group) is 1. The van der Waals surface area contributed by atoms with Gasteiger partial charge in [0, 0.05) is 49.3 Å². The topological polar surface area (TPSA) is 56.3 Å². The lowest BCUT2D eigenvalue weighted by Gasteiger charge is -2.36. The molecule has 0 atom stereocenters. The lowest BCUT2D eigenvalue weighted by molar-refractivity contribution is 0.313. The van der Waals surface area contributed by atoms with Crippen LogP contribution in [0.25, 0.3) is 0 Å². The van der Waals surface area contributed by atoms with E-state index in [9.17, 15) is 0 Å². The van der Waals surface area contributed by atoms with E-state index in [1.54, 1.807) is 12.4 Å². The number of rotatable bonds is 7. The van der Waals surface area contributed by atoms with Crippen molar-refractivity contribution in [2.24, 2.45) is 0 Å². The lowest BCUT2D eigenvalue weighted by Crippen LogP contribution is -2.44. The fourth-order valence-electron chi connectivity index (χ4n) is 3.33. The lowest BCUT2D eigenvalue weighted by atomic mass is 10.1. The summed E-state index contributed by atoms with van der Waals surface area (Å²) in [6, 6.07) is 6.38. The van der Waals surface area contributed by atoms with Gasteiger partial charge in [-0.15, -0.1) is 0 Å². The van der Waals surface area contributed by atoms with Crippen molar-refractivity contribution in [1.29, 1.82) is 0 Å². The van der Waals surface area contributed by atoms with E-state index in [0.29, 0.717) is 0 Å². The Morgan fingerprint density at radius 1 is 1.14 bits per heavy atom. The van der Waals surface area contributed by atoms with E-state index in [1.165, 1.54) is 11.3 Å². The summed E-state index contributed by atoms with van der Waals surface area (Å²) in [4.78, 5) is 13.3. The SMILES string of the molecule is C=CC(=C)Nc1cc(Nc2cc(C)ncn2)c(CC)cc1N1CCN(C)CC1. The first kappa shape index (κ1) is 19.9. The standard InChI is InChI=1S/C22H30N6/c1-6-16(3)25-20-14-19(26-22-12-17(4)23-15-24-22)18(7-2)13-21(20)28-10-8-27(5)9-11-28/h6,12-15,25H,1,3,7-11H2,2,4-5H3,(H,23,24,26). The highest BCUT2D eigenvalue weighted by Gasteiger charge is 2.19. The number of hydrogen-bond acceptors (Lipinski definition) is 6. The molecule has 28 heavy (non-hydrogen) atoms. The summed E-state index contributed by atoms with van der Waals surface area (Å²) in [5.41, 5.74) is 6.24. The van der Waals surface area contributed by atoms with Gasteiger partial charge in [-0.3, -0.25) is 0 Å². The van der Waals surface area contributed by atoms with Crippen LogP contribution in [-0.2, 0) is 6.42 Å². The Labute approximate surface area is 168 Å². The highest BCUT2D eigenvalue weighted by molar-refractivity contribution is 5.80. The van der Waals surface area contributed by atoms with Crippen LogP contribution in [0.5, 0.6) is 0 Å². The van der Waals surface area contributed by atoms with E-state index < -0.39 is 0 Å². The van der Waals surface area contributed by atoms with Crippen LogP contribution >= 0.6 is 0 Å². The second kappa shape index (κ2) is 8.89. The highest BCUT2D eigenvalue weighted by atomic mass is 15.3. The van der Waals surface area contributed by atoms with Gasteiger partial charge >= 0.3 is 0 Å². The molecule has 0 radical (unpaired) electrons. The van der Waals surface area contributed by atoms with Gasteiger partial charge in [-0.1, -0.05) is 20.1 Å². The van der Waals surface area contributed by atoms with Gasteiger partial charge in [-0.2, -0.15) is 0 Å². The maximum Gasteiger partial charge on any atom is 0.133 e. The molecule has 0 unspecified atom stereocenters. The van der Waals surface area contributed by atoms with Gasteiger partial charge in [0.2, 0.25) is 0 Å². The largest absolute Gasteiger partial charge is 0.367 e. The third kappa shape index (κ3) is 4.70. The van der Waals surface area contributed by atoms with Crippen LogP contribution in [0.15, 0.2) is 49.5 Å². The number of piperazine rings is 1. The van der Waals surface area contributed by atoms with Gasteiger partial charge in [0.05, 0.1) is 11.4 Å². The van der Waals surface area contributed by atoms with E-state index in [-0.39, 0.29) is 0 Å². The molecule has 0 spiro atoms. The fourth-order valence-corrected chi connectivity index (χ4v) is 3.33. The zero-order valence-corrected chi connectivity index (χ0v) is 17.1. The Bertz CT molecular complexity index is 852. The van der Waals surface area contributed by atoms with Crippen molar-refractivity contribution in [2.75, 3.05) is 48.8 Å². The number of hydrogen-bond donors (Lipinski definition) is 2. The van der Waals surface area contributed by atoms with Crippen LogP contribution in [-0.4, -0.2) is 48.1 Å². The Kier molecular flexibility index (Phi) is 6.31. The summed E-state index contributed by atoms with van der Waals surface area (Å²) >= 11 is 0. The number of allylic oxidation sites excluding steroid dienone is 1. The minimum Gasteiger partial charge on any atom is -0.367 e. The summed E-state index contributed by atoms with van der Waals surface area (Å²) in [5, 5.41) is 6.88. The van der Waals surface area contributed by atoms with Crippen LogP contribution < -0.4 is 15.5 Å². The maximum absolute atomic E-state index is 4.35. The summed E-state index contributed by atoms with van der Waals surface area (Å²) < 4.78 is 0. The van der Waals surface area contributed by atoms with Gasteiger partial charge in [0.25, 0.3) is 0 Å². The van der Waals surface area contributed by atoms with Crippen molar-refractivity contribution in [3.63, 3.8) is 0 Å². The normalized spacial score (nSPS) is 14.6. The number of nitrogens with zero attached hydrogens (tertiary/aromatic N) is 4. The number of nitrogens with one attached hydrogen (secondary N) is 2. The van der Waals surface area contributed by atoms with Crippen LogP contribution in [0.4, 0.5) is 22.9 Å². The van der Waals surface area contributed by atoms with Crippen LogP contribution in [0.1, 0.15) is 18.2 Å².